The third kappa shape index (κ3) is 8.77. The number of carboxylic acids is 1. The van der Waals surface area contributed by atoms with Gasteiger partial charge in [-0.1, -0.05) is 6.07 Å². The minimum absolute atomic E-state index is 0. The van der Waals surface area contributed by atoms with E-state index < -0.39 is 29.4 Å². The molecule has 0 aliphatic heterocycles. The smallest absolute Gasteiger partial charge is 0.416 e. The largest absolute Gasteiger partial charge is 0.481 e. The lowest BCUT2D eigenvalue weighted by molar-refractivity contribution is -0.143. The Morgan fingerprint density at radius 2 is 1.56 bits per heavy atom. The van der Waals surface area contributed by atoms with Crippen molar-refractivity contribution < 1.29 is 36.2 Å². The minimum atomic E-state index is -4.96. The number of carboxylic acid groups (broad SMARTS) is 1. The first kappa shape index (κ1) is 34.0. The van der Waals surface area contributed by atoms with E-state index in [0.29, 0.717) is 25.9 Å². The van der Waals surface area contributed by atoms with Gasteiger partial charge in [-0.3, -0.25) is 9.48 Å². The SMILES string of the molecule is CCN(CCCCC(=O)O)c1cc2c(cc1CN(Cc1cc(C(F)(F)F)cc(C(F)(F)F)c1)c1ncn(C)n1)CCC2.Cl. The number of halogens is 7. The topological polar surface area (TPSA) is 74.5 Å². The lowest BCUT2D eigenvalue weighted by atomic mass is 10.0. The maximum atomic E-state index is 13.6. The average molecular weight is 634 g/mol. The fourth-order valence-corrected chi connectivity index (χ4v) is 5.32. The van der Waals surface area contributed by atoms with Crippen LogP contribution in [0.4, 0.5) is 38.0 Å². The van der Waals surface area contributed by atoms with Crippen LogP contribution in [0, 0.1) is 0 Å². The van der Waals surface area contributed by atoms with Gasteiger partial charge >= 0.3 is 18.3 Å². The monoisotopic (exact) mass is 633 g/mol. The van der Waals surface area contributed by atoms with Crippen molar-refractivity contribution in [3.8, 4) is 0 Å². The van der Waals surface area contributed by atoms with Gasteiger partial charge in [-0.15, -0.1) is 17.5 Å². The lowest BCUT2D eigenvalue weighted by Gasteiger charge is -2.30. The van der Waals surface area contributed by atoms with Crippen LogP contribution < -0.4 is 9.80 Å². The van der Waals surface area contributed by atoms with Gasteiger partial charge in [0.15, 0.2) is 0 Å². The number of aromatic nitrogens is 3. The first-order valence-corrected chi connectivity index (χ1v) is 13.7. The van der Waals surface area contributed by atoms with E-state index in [2.05, 4.69) is 27.1 Å². The van der Waals surface area contributed by atoms with Gasteiger partial charge in [0.1, 0.15) is 6.33 Å². The quantitative estimate of drug-likeness (QED) is 0.170. The second-order valence-corrected chi connectivity index (χ2v) is 10.5. The van der Waals surface area contributed by atoms with E-state index >= 15 is 0 Å². The van der Waals surface area contributed by atoms with Gasteiger partial charge in [-0.2, -0.15) is 26.3 Å². The van der Waals surface area contributed by atoms with E-state index in [0.717, 1.165) is 48.2 Å². The van der Waals surface area contributed by atoms with E-state index in [4.69, 9.17) is 5.11 Å². The van der Waals surface area contributed by atoms with E-state index in [-0.39, 0.29) is 49.5 Å². The average Bonchev–Trinajstić information content (AvgIpc) is 3.55. The molecule has 1 aromatic heterocycles. The molecular formula is C29H34ClF6N5O2. The summed E-state index contributed by atoms with van der Waals surface area (Å²) < 4.78 is 82.9. The standard InChI is InChI=1S/C29H33F6N5O2.ClH/c1-3-39(10-5-4-9-26(41)42)25-14-21-8-6-7-20(21)13-22(25)17-40(27-36-18-38(2)37-27)16-19-11-23(28(30,31)32)15-24(12-19)29(33,34)35;/h11-15,18H,3-10,16-17H2,1-2H3,(H,41,42);1H. The van der Waals surface area contributed by atoms with E-state index in [1.807, 2.05) is 6.92 Å². The molecule has 0 atom stereocenters. The van der Waals surface area contributed by atoms with Crippen LogP contribution in [-0.4, -0.2) is 38.9 Å². The molecule has 0 amide bonds. The molecule has 0 fully saturated rings. The van der Waals surface area contributed by atoms with Gasteiger partial charge in [0.25, 0.3) is 0 Å². The van der Waals surface area contributed by atoms with Crippen LogP contribution in [0.25, 0.3) is 0 Å². The molecular weight excluding hydrogens is 600 g/mol. The van der Waals surface area contributed by atoms with Crippen LogP contribution >= 0.6 is 12.4 Å². The maximum absolute atomic E-state index is 13.6. The van der Waals surface area contributed by atoms with Crippen molar-refractivity contribution in [3.05, 3.63) is 70.0 Å². The number of aryl methyl sites for hydroxylation is 3. The molecule has 1 N–H and O–H groups in total. The van der Waals surface area contributed by atoms with E-state index in [9.17, 15) is 31.1 Å². The van der Waals surface area contributed by atoms with E-state index in [1.54, 1.807) is 11.9 Å². The van der Waals surface area contributed by atoms with Crippen molar-refractivity contribution in [2.75, 3.05) is 22.9 Å². The molecule has 236 valence electrons. The van der Waals surface area contributed by atoms with Crippen LogP contribution in [0.5, 0.6) is 0 Å². The zero-order valence-electron chi connectivity index (χ0n) is 23.8. The van der Waals surface area contributed by atoms with Crippen LogP contribution in [0.2, 0.25) is 0 Å². The summed E-state index contributed by atoms with van der Waals surface area (Å²) in [5, 5.41) is 13.3. The van der Waals surface area contributed by atoms with Gasteiger partial charge in [0, 0.05) is 45.3 Å². The first-order valence-electron chi connectivity index (χ1n) is 13.7. The number of rotatable bonds is 12. The number of anilines is 2. The number of unbranched alkanes of at least 4 members (excludes halogenated alkanes) is 1. The van der Waals surface area contributed by atoms with Gasteiger partial charge in [0.2, 0.25) is 5.95 Å². The number of alkyl halides is 6. The minimum Gasteiger partial charge on any atom is -0.481 e. The number of fused-ring (bicyclic) bond motifs is 1. The van der Waals surface area contributed by atoms with Crippen LogP contribution in [0.15, 0.2) is 36.7 Å². The molecule has 43 heavy (non-hydrogen) atoms. The summed E-state index contributed by atoms with van der Waals surface area (Å²) in [6.45, 7) is 3.05. The fourth-order valence-electron chi connectivity index (χ4n) is 5.32. The fraction of sp³-hybridized carbons (Fsp3) is 0.483. The molecule has 3 aromatic rings. The number of carbonyl (C=O) groups is 1. The van der Waals surface area contributed by atoms with Gasteiger partial charge in [-0.05, 0) is 85.5 Å². The van der Waals surface area contributed by atoms with Crippen molar-refractivity contribution in [1.82, 2.24) is 14.8 Å². The van der Waals surface area contributed by atoms with Crippen molar-refractivity contribution in [2.45, 2.75) is 70.9 Å². The van der Waals surface area contributed by atoms with Crippen molar-refractivity contribution >= 4 is 30.0 Å². The second-order valence-electron chi connectivity index (χ2n) is 10.5. The number of benzene rings is 2. The normalized spacial score (nSPS) is 13.0. The van der Waals surface area contributed by atoms with Gasteiger partial charge in [-0.25, -0.2) is 4.98 Å². The Morgan fingerprint density at radius 3 is 2.09 bits per heavy atom. The Bertz CT molecular complexity index is 1380. The Hall–Kier alpha value is -3.48. The molecule has 0 saturated carbocycles. The molecule has 14 heteroatoms. The first-order chi connectivity index (χ1) is 19.7. The number of hydrogen-bond acceptors (Lipinski definition) is 5. The summed E-state index contributed by atoms with van der Waals surface area (Å²) in [6, 6.07) is 5.75. The van der Waals surface area contributed by atoms with Crippen molar-refractivity contribution in [1.29, 1.82) is 0 Å². The number of nitrogens with zero attached hydrogens (tertiary/aromatic N) is 5. The molecule has 7 nitrogen and oxygen atoms in total. The predicted molar refractivity (Wildman–Crippen MR) is 152 cm³/mol. The third-order valence-electron chi connectivity index (χ3n) is 7.34. The molecule has 0 radical (unpaired) electrons. The summed E-state index contributed by atoms with van der Waals surface area (Å²) in [5.41, 5.74) is 1.17. The van der Waals surface area contributed by atoms with Crippen LogP contribution in [0.3, 0.4) is 0 Å². The van der Waals surface area contributed by atoms with Crippen molar-refractivity contribution in [2.24, 2.45) is 7.05 Å². The molecule has 0 saturated heterocycles. The Balaban J connectivity index is 0.00000506. The summed E-state index contributed by atoms with van der Waals surface area (Å²) in [7, 11) is 1.62. The highest BCUT2D eigenvalue weighted by Gasteiger charge is 2.37. The van der Waals surface area contributed by atoms with Gasteiger partial charge in [0.05, 0.1) is 11.1 Å². The zero-order chi connectivity index (χ0) is 30.7. The van der Waals surface area contributed by atoms with E-state index in [1.165, 1.54) is 16.6 Å². The summed E-state index contributed by atoms with van der Waals surface area (Å²) in [4.78, 5) is 18.9. The molecule has 4 rings (SSSR count). The highest BCUT2D eigenvalue weighted by Crippen LogP contribution is 2.37. The lowest BCUT2D eigenvalue weighted by Crippen LogP contribution is -2.29. The Kier molecular flexibility index (Phi) is 11.0. The third-order valence-corrected chi connectivity index (χ3v) is 7.34. The highest BCUT2D eigenvalue weighted by atomic mass is 35.5. The summed E-state index contributed by atoms with van der Waals surface area (Å²) >= 11 is 0. The zero-order valence-corrected chi connectivity index (χ0v) is 24.6. The summed E-state index contributed by atoms with van der Waals surface area (Å²) in [6.07, 6.45) is -4.52. The van der Waals surface area contributed by atoms with Crippen LogP contribution in [0.1, 0.15) is 66.0 Å². The molecule has 0 spiro atoms. The van der Waals surface area contributed by atoms with Crippen LogP contribution in [-0.2, 0) is 50.1 Å². The maximum Gasteiger partial charge on any atom is 0.416 e. The van der Waals surface area contributed by atoms with Gasteiger partial charge < -0.3 is 14.9 Å². The molecule has 1 heterocycles. The number of aliphatic carboxylic acids is 1. The Labute approximate surface area is 251 Å². The predicted octanol–water partition coefficient (Wildman–Crippen LogP) is 7.05. The molecule has 1 aliphatic rings. The molecule has 1 aliphatic carbocycles. The Morgan fingerprint density at radius 1 is 0.930 bits per heavy atom. The highest BCUT2D eigenvalue weighted by molar-refractivity contribution is 5.85. The molecule has 2 aromatic carbocycles. The molecule has 0 unspecified atom stereocenters. The van der Waals surface area contributed by atoms with Crippen molar-refractivity contribution in [3.63, 3.8) is 0 Å². The number of hydrogen-bond donors (Lipinski definition) is 1. The summed E-state index contributed by atoms with van der Waals surface area (Å²) in [5.74, 6) is -0.697. The second kappa shape index (κ2) is 13.9. The molecule has 0 bridgehead atoms.